The van der Waals surface area contributed by atoms with Gasteiger partial charge in [-0.25, -0.2) is 0 Å². The summed E-state index contributed by atoms with van der Waals surface area (Å²) in [6.45, 7) is 7.00. The van der Waals surface area contributed by atoms with E-state index in [-0.39, 0.29) is 0 Å². The number of rotatable bonds is 7. The van der Waals surface area contributed by atoms with Crippen molar-refractivity contribution in [3.05, 3.63) is 11.9 Å². The Bertz CT molecular complexity index is 249. The van der Waals surface area contributed by atoms with Gasteiger partial charge in [0.25, 0.3) is 0 Å². The maximum atomic E-state index is 4.07. The van der Waals surface area contributed by atoms with Gasteiger partial charge in [0.1, 0.15) is 0 Å². The van der Waals surface area contributed by atoms with E-state index in [9.17, 15) is 0 Å². The molecule has 0 unspecified atom stereocenters. The standard InChI is InChI=1S/C9H18N4S/c1-3-10-7-9-8-13(12-11-9)5-6-14-4-2/h8,10H,3-7H2,1-2H3. The number of hydrogen-bond donors (Lipinski definition) is 1. The molecule has 0 aliphatic rings. The highest BCUT2D eigenvalue weighted by molar-refractivity contribution is 7.99. The highest BCUT2D eigenvalue weighted by Crippen LogP contribution is 2.00. The van der Waals surface area contributed by atoms with Crippen LogP contribution >= 0.6 is 11.8 Å². The lowest BCUT2D eigenvalue weighted by molar-refractivity contribution is 0.631. The fraction of sp³-hybridized carbons (Fsp3) is 0.778. The third-order valence-corrected chi connectivity index (χ3v) is 2.69. The quantitative estimate of drug-likeness (QED) is 0.691. The first-order valence-electron chi connectivity index (χ1n) is 5.04. The molecule has 0 aliphatic carbocycles. The lowest BCUT2D eigenvalue weighted by Crippen LogP contribution is -2.11. The molecule has 14 heavy (non-hydrogen) atoms. The summed E-state index contributed by atoms with van der Waals surface area (Å²) in [5, 5.41) is 11.4. The SMILES string of the molecule is CCNCc1cn(CCSCC)nn1. The normalized spacial score (nSPS) is 10.7. The van der Waals surface area contributed by atoms with E-state index in [0.717, 1.165) is 31.1 Å². The summed E-state index contributed by atoms with van der Waals surface area (Å²) in [6, 6.07) is 0. The Morgan fingerprint density at radius 2 is 2.36 bits per heavy atom. The first-order valence-corrected chi connectivity index (χ1v) is 6.19. The molecule has 4 nitrogen and oxygen atoms in total. The minimum Gasteiger partial charge on any atom is -0.311 e. The molecular weight excluding hydrogens is 196 g/mol. The van der Waals surface area contributed by atoms with Crippen molar-refractivity contribution in [1.29, 1.82) is 0 Å². The van der Waals surface area contributed by atoms with Gasteiger partial charge in [0, 0.05) is 18.5 Å². The largest absolute Gasteiger partial charge is 0.311 e. The summed E-state index contributed by atoms with van der Waals surface area (Å²) in [4.78, 5) is 0. The Morgan fingerprint density at radius 1 is 1.50 bits per heavy atom. The minimum absolute atomic E-state index is 0.817. The van der Waals surface area contributed by atoms with Crippen LogP contribution in [0.4, 0.5) is 0 Å². The predicted molar refractivity (Wildman–Crippen MR) is 60.4 cm³/mol. The van der Waals surface area contributed by atoms with E-state index < -0.39 is 0 Å². The van der Waals surface area contributed by atoms with Crippen molar-refractivity contribution in [3.8, 4) is 0 Å². The van der Waals surface area contributed by atoms with Crippen LogP contribution in [0.3, 0.4) is 0 Å². The van der Waals surface area contributed by atoms with Gasteiger partial charge in [0.05, 0.1) is 12.2 Å². The summed E-state index contributed by atoms with van der Waals surface area (Å²) in [5.74, 6) is 2.28. The second-order valence-electron chi connectivity index (χ2n) is 2.95. The number of nitrogens with one attached hydrogen (secondary N) is 1. The molecule has 0 saturated heterocycles. The second kappa shape index (κ2) is 6.84. The molecule has 0 saturated carbocycles. The topological polar surface area (TPSA) is 42.7 Å². The van der Waals surface area contributed by atoms with Crippen LogP contribution in [0.2, 0.25) is 0 Å². The fourth-order valence-electron chi connectivity index (χ4n) is 1.08. The Labute approximate surface area is 89.5 Å². The molecule has 0 fully saturated rings. The van der Waals surface area contributed by atoms with Gasteiger partial charge in [-0.15, -0.1) is 5.10 Å². The van der Waals surface area contributed by atoms with Crippen LogP contribution in [0, 0.1) is 0 Å². The number of aryl methyl sites for hydroxylation is 1. The van der Waals surface area contributed by atoms with Gasteiger partial charge in [-0.05, 0) is 12.3 Å². The highest BCUT2D eigenvalue weighted by Gasteiger charge is 1.98. The average Bonchev–Trinajstić information content (AvgIpc) is 2.63. The smallest absolute Gasteiger partial charge is 0.0964 e. The molecule has 1 aromatic heterocycles. The number of nitrogens with zero attached hydrogens (tertiary/aromatic N) is 3. The van der Waals surface area contributed by atoms with E-state index in [0.29, 0.717) is 0 Å². The van der Waals surface area contributed by atoms with Crippen LogP contribution in [-0.4, -0.2) is 33.0 Å². The van der Waals surface area contributed by atoms with Crippen molar-refractivity contribution >= 4 is 11.8 Å². The van der Waals surface area contributed by atoms with Crippen LogP contribution < -0.4 is 5.32 Å². The minimum atomic E-state index is 0.817. The molecule has 0 radical (unpaired) electrons. The number of hydrogen-bond acceptors (Lipinski definition) is 4. The Morgan fingerprint density at radius 3 is 3.07 bits per heavy atom. The molecule has 1 N–H and O–H groups in total. The van der Waals surface area contributed by atoms with Gasteiger partial charge in [-0.2, -0.15) is 11.8 Å². The molecule has 0 spiro atoms. The average molecular weight is 214 g/mol. The summed E-state index contributed by atoms with van der Waals surface area (Å²) >= 11 is 1.93. The summed E-state index contributed by atoms with van der Waals surface area (Å²) in [5.41, 5.74) is 1.02. The predicted octanol–water partition coefficient (Wildman–Crippen LogP) is 1.14. The summed E-state index contributed by atoms with van der Waals surface area (Å²) in [7, 11) is 0. The summed E-state index contributed by atoms with van der Waals surface area (Å²) < 4.78 is 1.91. The van der Waals surface area contributed by atoms with Crippen LogP contribution in [0.15, 0.2) is 6.20 Å². The molecular formula is C9H18N4S. The molecule has 0 amide bonds. The highest BCUT2D eigenvalue weighted by atomic mass is 32.2. The molecule has 0 atom stereocenters. The first-order chi connectivity index (χ1) is 6.86. The molecule has 1 rings (SSSR count). The Balaban J connectivity index is 2.27. The first kappa shape index (κ1) is 11.5. The van der Waals surface area contributed by atoms with Gasteiger partial charge >= 0.3 is 0 Å². The molecule has 1 heterocycles. The Kier molecular flexibility index (Phi) is 5.63. The van der Waals surface area contributed by atoms with E-state index in [1.165, 1.54) is 5.75 Å². The zero-order valence-corrected chi connectivity index (χ0v) is 9.68. The van der Waals surface area contributed by atoms with Gasteiger partial charge in [-0.1, -0.05) is 19.1 Å². The van der Waals surface area contributed by atoms with Crippen LogP contribution in [-0.2, 0) is 13.1 Å². The van der Waals surface area contributed by atoms with Gasteiger partial charge in [0.15, 0.2) is 0 Å². The van der Waals surface area contributed by atoms with E-state index in [2.05, 4.69) is 29.5 Å². The van der Waals surface area contributed by atoms with Gasteiger partial charge in [-0.3, -0.25) is 4.68 Å². The zero-order chi connectivity index (χ0) is 10.2. The maximum Gasteiger partial charge on any atom is 0.0964 e. The maximum absolute atomic E-state index is 4.07. The monoisotopic (exact) mass is 214 g/mol. The Hall–Kier alpha value is -0.550. The van der Waals surface area contributed by atoms with E-state index in [1.807, 2.05) is 22.6 Å². The van der Waals surface area contributed by atoms with Crippen LogP contribution in [0.25, 0.3) is 0 Å². The molecule has 5 heteroatoms. The van der Waals surface area contributed by atoms with E-state index in [1.54, 1.807) is 0 Å². The fourth-order valence-corrected chi connectivity index (χ4v) is 1.69. The van der Waals surface area contributed by atoms with Gasteiger partial charge in [0.2, 0.25) is 0 Å². The van der Waals surface area contributed by atoms with Crippen molar-refractivity contribution < 1.29 is 0 Å². The van der Waals surface area contributed by atoms with Crippen molar-refractivity contribution in [2.24, 2.45) is 0 Å². The molecule has 0 aromatic carbocycles. The van der Waals surface area contributed by atoms with E-state index in [4.69, 9.17) is 0 Å². The second-order valence-corrected chi connectivity index (χ2v) is 4.34. The molecule has 80 valence electrons. The zero-order valence-electron chi connectivity index (χ0n) is 8.86. The third kappa shape index (κ3) is 4.11. The van der Waals surface area contributed by atoms with E-state index >= 15 is 0 Å². The summed E-state index contributed by atoms with van der Waals surface area (Å²) in [6.07, 6.45) is 2.01. The lowest BCUT2D eigenvalue weighted by Gasteiger charge is -1.97. The van der Waals surface area contributed by atoms with Crippen LogP contribution in [0.5, 0.6) is 0 Å². The lowest BCUT2D eigenvalue weighted by atomic mass is 10.4. The molecule has 0 bridgehead atoms. The van der Waals surface area contributed by atoms with Crippen molar-refractivity contribution in [3.63, 3.8) is 0 Å². The molecule has 0 aliphatic heterocycles. The third-order valence-electron chi connectivity index (χ3n) is 1.81. The molecule has 1 aromatic rings. The number of aromatic nitrogens is 3. The van der Waals surface area contributed by atoms with Crippen molar-refractivity contribution in [1.82, 2.24) is 20.3 Å². The van der Waals surface area contributed by atoms with Gasteiger partial charge < -0.3 is 5.32 Å². The van der Waals surface area contributed by atoms with Crippen LogP contribution in [0.1, 0.15) is 19.5 Å². The van der Waals surface area contributed by atoms with Crippen molar-refractivity contribution in [2.75, 3.05) is 18.1 Å². The number of thioether (sulfide) groups is 1. The van der Waals surface area contributed by atoms with Crippen molar-refractivity contribution in [2.45, 2.75) is 26.9 Å².